The van der Waals surface area contributed by atoms with Gasteiger partial charge in [0.1, 0.15) is 5.54 Å². The summed E-state index contributed by atoms with van der Waals surface area (Å²) in [6.07, 6.45) is 0. The summed E-state index contributed by atoms with van der Waals surface area (Å²) in [5, 5.41) is 13.6. The largest absolute Gasteiger partial charge is 0.326 e. The van der Waals surface area contributed by atoms with Crippen LogP contribution >= 0.6 is 0 Å². The van der Waals surface area contributed by atoms with Crippen molar-refractivity contribution < 1.29 is 0 Å². The Labute approximate surface area is 222 Å². The highest BCUT2D eigenvalue weighted by Gasteiger charge is 2.42. The van der Waals surface area contributed by atoms with E-state index in [1.54, 1.807) is 0 Å². The molecule has 5 heteroatoms. The summed E-state index contributed by atoms with van der Waals surface area (Å²) in [7, 11) is 0. The Balaban J connectivity index is 1.72. The van der Waals surface area contributed by atoms with E-state index in [0.717, 1.165) is 38.9 Å². The normalized spacial score (nSPS) is 11.4. The molecule has 2 N–H and O–H groups in total. The van der Waals surface area contributed by atoms with Crippen molar-refractivity contribution in [3.05, 3.63) is 162 Å². The molecule has 0 aliphatic rings. The number of aromatic nitrogens is 4. The van der Waals surface area contributed by atoms with Gasteiger partial charge in [0.05, 0.1) is 0 Å². The first kappa shape index (κ1) is 23.5. The second-order valence-corrected chi connectivity index (χ2v) is 9.17. The molecular formula is C33H27N5. The molecule has 0 unspecified atom stereocenters. The lowest BCUT2D eigenvalue weighted by Crippen LogP contribution is -2.39. The third-order valence-corrected chi connectivity index (χ3v) is 7.01. The third kappa shape index (κ3) is 3.99. The van der Waals surface area contributed by atoms with E-state index < -0.39 is 5.54 Å². The summed E-state index contributed by atoms with van der Waals surface area (Å²) < 4.78 is 1.97. The van der Waals surface area contributed by atoms with Gasteiger partial charge in [-0.05, 0) is 49.9 Å². The fourth-order valence-electron chi connectivity index (χ4n) is 5.26. The minimum atomic E-state index is -0.824. The predicted octanol–water partition coefficient (Wildman–Crippen LogP) is 6.31. The van der Waals surface area contributed by atoms with Gasteiger partial charge in [-0.15, -0.1) is 5.10 Å². The van der Waals surface area contributed by atoms with Crippen LogP contribution in [0.1, 0.15) is 22.3 Å². The van der Waals surface area contributed by atoms with E-state index in [-0.39, 0.29) is 0 Å². The quantitative estimate of drug-likeness (QED) is 0.265. The van der Waals surface area contributed by atoms with Gasteiger partial charge in [0.15, 0.2) is 5.82 Å². The molecule has 6 rings (SSSR count). The summed E-state index contributed by atoms with van der Waals surface area (Å²) in [6.45, 7) is 0.421. The lowest BCUT2D eigenvalue weighted by Gasteiger charge is -2.36. The van der Waals surface area contributed by atoms with E-state index in [1.807, 2.05) is 41.1 Å². The predicted molar refractivity (Wildman–Crippen MR) is 151 cm³/mol. The molecule has 1 aromatic heterocycles. The molecule has 0 spiro atoms. The molecule has 38 heavy (non-hydrogen) atoms. The smallest absolute Gasteiger partial charge is 0.184 e. The van der Waals surface area contributed by atoms with Crippen molar-refractivity contribution in [1.29, 1.82) is 0 Å². The zero-order valence-corrected chi connectivity index (χ0v) is 20.9. The van der Waals surface area contributed by atoms with Crippen molar-refractivity contribution in [3.8, 4) is 22.5 Å². The zero-order valence-electron chi connectivity index (χ0n) is 20.9. The zero-order chi connectivity index (χ0) is 25.8. The van der Waals surface area contributed by atoms with Crippen LogP contribution in [0.3, 0.4) is 0 Å². The maximum atomic E-state index is 6.10. The first-order valence-corrected chi connectivity index (χ1v) is 12.7. The Kier molecular flexibility index (Phi) is 6.34. The van der Waals surface area contributed by atoms with Crippen molar-refractivity contribution in [2.45, 2.75) is 12.1 Å². The molecule has 0 fully saturated rings. The van der Waals surface area contributed by atoms with E-state index in [2.05, 4.69) is 113 Å². The summed E-state index contributed by atoms with van der Waals surface area (Å²) in [4.78, 5) is 0. The second kappa shape index (κ2) is 10.2. The van der Waals surface area contributed by atoms with Crippen LogP contribution in [-0.4, -0.2) is 20.2 Å². The molecule has 0 saturated heterocycles. The maximum absolute atomic E-state index is 6.10. The van der Waals surface area contributed by atoms with Crippen LogP contribution in [-0.2, 0) is 12.1 Å². The molecule has 0 radical (unpaired) electrons. The van der Waals surface area contributed by atoms with Gasteiger partial charge in [-0.1, -0.05) is 133 Å². The van der Waals surface area contributed by atoms with Crippen LogP contribution in [0.2, 0.25) is 0 Å². The molecule has 5 aromatic carbocycles. The molecular weight excluding hydrogens is 466 g/mol. The molecule has 0 saturated carbocycles. The number of hydrogen-bond donors (Lipinski definition) is 1. The second-order valence-electron chi connectivity index (χ2n) is 9.17. The van der Waals surface area contributed by atoms with Gasteiger partial charge in [0.2, 0.25) is 0 Å². The third-order valence-electron chi connectivity index (χ3n) is 7.01. The van der Waals surface area contributed by atoms with Gasteiger partial charge < -0.3 is 5.73 Å². The first-order chi connectivity index (χ1) is 18.8. The Hall–Kier alpha value is -4.87. The van der Waals surface area contributed by atoms with Crippen molar-refractivity contribution >= 4 is 0 Å². The first-order valence-electron chi connectivity index (χ1n) is 12.7. The van der Waals surface area contributed by atoms with Crippen LogP contribution in [0, 0.1) is 0 Å². The van der Waals surface area contributed by atoms with Gasteiger partial charge in [-0.25, -0.2) is 4.68 Å². The summed E-state index contributed by atoms with van der Waals surface area (Å²) in [5.41, 5.74) is 12.5. The summed E-state index contributed by atoms with van der Waals surface area (Å²) in [6, 6.07) is 47.9. The molecule has 0 atom stereocenters. The van der Waals surface area contributed by atoms with Gasteiger partial charge in [0.25, 0.3) is 0 Å². The Morgan fingerprint density at radius 3 is 1.58 bits per heavy atom. The van der Waals surface area contributed by atoms with E-state index in [9.17, 15) is 0 Å². The summed E-state index contributed by atoms with van der Waals surface area (Å²) >= 11 is 0. The Bertz CT molecular complexity index is 1530. The van der Waals surface area contributed by atoms with Crippen LogP contribution in [0.5, 0.6) is 0 Å². The van der Waals surface area contributed by atoms with Crippen molar-refractivity contribution in [2.24, 2.45) is 5.73 Å². The lowest BCUT2D eigenvalue weighted by atomic mass is 9.77. The summed E-state index contributed by atoms with van der Waals surface area (Å²) in [5.74, 6) is 0.663. The van der Waals surface area contributed by atoms with E-state index in [4.69, 9.17) is 10.9 Å². The van der Waals surface area contributed by atoms with Crippen LogP contribution < -0.4 is 5.73 Å². The number of tetrazole rings is 1. The number of nitrogens with two attached hydrogens (primary N) is 1. The SMILES string of the molecule is NCc1ccc(-c2ccccc2)c(-c2nnnn2C(c2ccccc2)(c2ccccc2)c2ccccc2)c1. The molecule has 5 nitrogen and oxygen atoms in total. The molecule has 184 valence electrons. The highest BCUT2D eigenvalue weighted by atomic mass is 15.6. The highest BCUT2D eigenvalue weighted by molar-refractivity contribution is 5.81. The molecule has 6 aromatic rings. The van der Waals surface area contributed by atoms with Crippen molar-refractivity contribution in [2.75, 3.05) is 0 Å². The van der Waals surface area contributed by atoms with Crippen LogP contribution in [0.15, 0.2) is 140 Å². The van der Waals surface area contributed by atoms with Crippen molar-refractivity contribution in [3.63, 3.8) is 0 Å². The molecule has 0 aliphatic heterocycles. The van der Waals surface area contributed by atoms with E-state index >= 15 is 0 Å². The number of hydrogen-bond acceptors (Lipinski definition) is 4. The number of benzene rings is 5. The number of rotatable bonds is 7. The molecule has 0 aliphatic carbocycles. The fraction of sp³-hybridized carbons (Fsp3) is 0.0606. The lowest BCUT2D eigenvalue weighted by molar-refractivity contribution is 0.451. The number of nitrogens with zero attached hydrogens (tertiary/aromatic N) is 4. The Morgan fingerprint density at radius 2 is 1.08 bits per heavy atom. The molecule has 0 amide bonds. The topological polar surface area (TPSA) is 69.6 Å². The van der Waals surface area contributed by atoms with Crippen molar-refractivity contribution in [1.82, 2.24) is 20.2 Å². The standard InChI is InChI=1S/C33H27N5/c34-24-25-21-22-30(26-13-5-1-6-14-26)31(23-25)32-35-36-37-38(32)33(27-15-7-2-8-16-27,28-17-9-3-10-18-28)29-19-11-4-12-20-29/h1-23H,24,34H2. The minimum Gasteiger partial charge on any atom is -0.326 e. The monoisotopic (exact) mass is 493 g/mol. The van der Waals surface area contributed by atoms with E-state index in [1.165, 1.54) is 0 Å². The average molecular weight is 494 g/mol. The average Bonchev–Trinajstić information content (AvgIpc) is 3.49. The maximum Gasteiger partial charge on any atom is 0.184 e. The van der Waals surface area contributed by atoms with E-state index in [0.29, 0.717) is 12.4 Å². The highest BCUT2D eigenvalue weighted by Crippen LogP contribution is 2.43. The molecule has 1 heterocycles. The minimum absolute atomic E-state index is 0.421. The van der Waals surface area contributed by atoms with Gasteiger partial charge in [0, 0.05) is 12.1 Å². The van der Waals surface area contributed by atoms with Gasteiger partial charge >= 0.3 is 0 Å². The fourth-order valence-corrected chi connectivity index (χ4v) is 5.26. The Morgan fingerprint density at radius 1 is 0.579 bits per heavy atom. The van der Waals surface area contributed by atoms with Crippen LogP contribution in [0.25, 0.3) is 22.5 Å². The van der Waals surface area contributed by atoms with Gasteiger partial charge in [-0.2, -0.15) is 0 Å². The molecule has 0 bridgehead atoms. The van der Waals surface area contributed by atoms with Gasteiger partial charge in [-0.3, -0.25) is 0 Å². The van der Waals surface area contributed by atoms with Crippen LogP contribution in [0.4, 0.5) is 0 Å².